The van der Waals surface area contributed by atoms with Crippen LogP contribution in [0.3, 0.4) is 0 Å². The Labute approximate surface area is 132 Å². The van der Waals surface area contributed by atoms with E-state index in [0.717, 1.165) is 16.8 Å². The summed E-state index contributed by atoms with van der Waals surface area (Å²) in [5.41, 5.74) is 9.42. The van der Waals surface area contributed by atoms with Crippen molar-refractivity contribution in [3.63, 3.8) is 0 Å². The van der Waals surface area contributed by atoms with Gasteiger partial charge in [0, 0.05) is 30.2 Å². The van der Waals surface area contributed by atoms with Gasteiger partial charge in [-0.25, -0.2) is 0 Å². The zero-order valence-electron chi connectivity index (χ0n) is 11.8. The molecule has 3 nitrogen and oxygen atoms in total. The molecule has 0 fully saturated rings. The molecule has 0 aliphatic heterocycles. The first-order valence-corrected chi connectivity index (χ1v) is 7.61. The van der Waals surface area contributed by atoms with Crippen molar-refractivity contribution < 1.29 is 4.74 Å². The van der Waals surface area contributed by atoms with Gasteiger partial charge in [0.25, 0.3) is 0 Å². The Bertz CT molecular complexity index is 780. The summed E-state index contributed by atoms with van der Waals surface area (Å²) in [5.74, 6) is 0.849. The van der Waals surface area contributed by atoms with E-state index < -0.39 is 0 Å². The molecule has 0 saturated heterocycles. The monoisotopic (exact) mass is 344 g/mol. The van der Waals surface area contributed by atoms with Gasteiger partial charge in [-0.15, -0.1) is 0 Å². The lowest BCUT2D eigenvalue weighted by Crippen LogP contribution is -2.00. The van der Waals surface area contributed by atoms with E-state index >= 15 is 0 Å². The van der Waals surface area contributed by atoms with Crippen LogP contribution in [0.4, 0.5) is 0 Å². The fourth-order valence-electron chi connectivity index (χ4n) is 2.61. The van der Waals surface area contributed by atoms with E-state index in [1.54, 1.807) is 7.11 Å². The third kappa shape index (κ3) is 2.69. The molecule has 0 amide bonds. The van der Waals surface area contributed by atoms with Crippen LogP contribution < -0.4 is 10.5 Å². The van der Waals surface area contributed by atoms with Crippen molar-refractivity contribution in [1.82, 2.24) is 4.57 Å². The average molecular weight is 345 g/mol. The van der Waals surface area contributed by atoms with Crippen LogP contribution in [0, 0.1) is 0 Å². The van der Waals surface area contributed by atoms with Crippen LogP contribution >= 0.6 is 15.9 Å². The first-order chi connectivity index (χ1) is 10.2. The number of hydrogen-bond acceptors (Lipinski definition) is 2. The number of methoxy groups -OCH3 is 1. The van der Waals surface area contributed by atoms with Gasteiger partial charge in [-0.3, -0.25) is 0 Å². The molecule has 3 rings (SSSR count). The maximum Gasteiger partial charge on any atom is 0.133 e. The molecule has 0 spiro atoms. The molecule has 1 heterocycles. The zero-order chi connectivity index (χ0) is 14.8. The smallest absolute Gasteiger partial charge is 0.133 e. The summed E-state index contributed by atoms with van der Waals surface area (Å²) in [6.45, 7) is 1.38. The van der Waals surface area contributed by atoms with Gasteiger partial charge in [-0.1, -0.05) is 18.2 Å². The van der Waals surface area contributed by atoms with Crippen LogP contribution in [-0.4, -0.2) is 11.7 Å². The molecule has 0 bridgehead atoms. The highest BCUT2D eigenvalue weighted by molar-refractivity contribution is 9.10. The predicted octanol–water partition coefficient (Wildman–Crippen LogP) is 3.92. The van der Waals surface area contributed by atoms with Crippen LogP contribution in [0.25, 0.3) is 10.9 Å². The number of rotatable bonds is 4. The molecule has 2 N–H and O–H groups in total. The van der Waals surface area contributed by atoms with Gasteiger partial charge in [0.2, 0.25) is 0 Å². The topological polar surface area (TPSA) is 40.2 Å². The van der Waals surface area contributed by atoms with Gasteiger partial charge < -0.3 is 15.0 Å². The highest BCUT2D eigenvalue weighted by Gasteiger charge is 2.06. The van der Waals surface area contributed by atoms with Crippen molar-refractivity contribution in [3.8, 4) is 5.75 Å². The van der Waals surface area contributed by atoms with E-state index in [9.17, 15) is 0 Å². The van der Waals surface area contributed by atoms with Crippen molar-refractivity contribution in [3.05, 3.63) is 64.3 Å². The van der Waals surface area contributed by atoms with E-state index in [0.29, 0.717) is 6.54 Å². The third-order valence-corrected chi connectivity index (χ3v) is 4.31. The molecule has 0 atom stereocenters. The number of nitrogens with zero attached hydrogens (tertiary/aromatic N) is 1. The summed E-state index contributed by atoms with van der Waals surface area (Å²) >= 11 is 3.53. The molecule has 1 aromatic heterocycles. The number of benzene rings is 2. The van der Waals surface area contributed by atoms with Crippen LogP contribution in [0.5, 0.6) is 5.75 Å². The summed E-state index contributed by atoms with van der Waals surface area (Å²) in [7, 11) is 1.67. The van der Waals surface area contributed by atoms with Gasteiger partial charge >= 0.3 is 0 Å². The standard InChI is InChI=1S/C17H17BrN2O/c1-21-17-6-5-12(9-15(17)18)11-20-8-7-14-13(10-19)3-2-4-16(14)20/h2-9H,10-11,19H2,1H3. The minimum absolute atomic E-state index is 0.565. The summed E-state index contributed by atoms with van der Waals surface area (Å²) in [6.07, 6.45) is 2.11. The van der Waals surface area contributed by atoms with E-state index in [2.05, 4.69) is 63.1 Å². The first-order valence-electron chi connectivity index (χ1n) is 6.82. The van der Waals surface area contributed by atoms with Crippen molar-refractivity contribution >= 4 is 26.8 Å². The van der Waals surface area contributed by atoms with Crippen molar-refractivity contribution in [2.24, 2.45) is 5.73 Å². The summed E-state index contributed by atoms with van der Waals surface area (Å²) in [6, 6.07) is 14.6. The van der Waals surface area contributed by atoms with Gasteiger partial charge in [0.15, 0.2) is 0 Å². The Balaban J connectivity index is 1.97. The molecule has 108 valence electrons. The maximum absolute atomic E-state index is 5.80. The number of aromatic nitrogens is 1. The molecular formula is C17H17BrN2O. The molecule has 0 radical (unpaired) electrons. The van der Waals surface area contributed by atoms with Gasteiger partial charge in [0.05, 0.1) is 11.6 Å². The van der Waals surface area contributed by atoms with Gasteiger partial charge in [0.1, 0.15) is 5.75 Å². The van der Waals surface area contributed by atoms with Crippen molar-refractivity contribution in [2.75, 3.05) is 7.11 Å². The molecule has 0 unspecified atom stereocenters. The lowest BCUT2D eigenvalue weighted by Gasteiger charge is -2.09. The lowest BCUT2D eigenvalue weighted by molar-refractivity contribution is 0.412. The largest absolute Gasteiger partial charge is 0.496 e. The molecule has 2 aromatic carbocycles. The molecule has 0 aliphatic carbocycles. The third-order valence-electron chi connectivity index (χ3n) is 3.69. The van der Waals surface area contributed by atoms with E-state index in [4.69, 9.17) is 10.5 Å². The zero-order valence-corrected chi connectivity index (χ0v) is 13.4. The molecule has 4 heteroatoms. The second-order valence-corrected chi connectivity index (χ2v) is 5.82. The molecule has 0 aliphatic rings. The predicted molar refractivity (Wildman–Crippen MR) is 89.6 cm³/mol. The minimum atomic E-state index is 0.565. The number of nitrogens with two attached hydrogens (primary N) is 1. The van der Waals surface area contributed by atoms with Crippen molar-refractivity contribution in [2.45, 2.75) is 13.1 Å². The minimum Gasteiger partial charge on any atom is -0.496 e. The molecule has 0 saturated carbocycles. The Morgan fingerprint density at radius 2 is 2.05 bits per heavy atom. The SMILES string of the molecule is COc1ccc(Cn2ccc3c(CN)cccc32)cc1Br. The number of halogens is 1. The van der Waals surface area contributed by atoms with E-state index in [-0.39, 0.29) is 0 Å². The highest BCUT2D eigenvalue weighted by atomic mass is 79.9. The Morgan fingerprint density at radius 1 is 1.19 bits per heavy atom. The van der Waals surface area contributed by atoms with E-state index in [1.807, 2.05) is 6.07 Å². The van der Waals surface area contributed by atoms with E-state index in [1.165, 1.54) is 22.0 Å². The lowest BCUT2D eigenvalue weighted by atomic mass is 10.1. The molecular weight excluding hydrogens is 328 g/mol. The van der Waals surface area contributed by atoms with Crippen LogP contribution in [0.15, 0.2) is 53.1 Å². The summed E-state index contributed by atoms with van der Waals surface area (Å²) in [4.78, 5) is 0. The van der Waals surface area contributed by atoms with Gasteiger partial charge in [-0.05, 0) is 51.3 Å². The second kappa shape index (κ2) is 5.92. The fourth-order valence-corrected chi connectivity index (χ4v) is 3.20. The van der Waals surface area contributed by atoms with Crippen LogP contribution in [0.2, 0.25) is 0 Å². The Hall–Kier alpha value is -1.78. The Kier molecular flexibility index (Phi) is 3.99. The number of hydrogen-bond donors (Lipinski definition) is 1. The average Bonchev–Trinajstić information content (AvgIpc) is 2.91. The fraction of sp³-hybridized carbons (Fsp3) is 0.176. The summed E-state index contributed by atoms with van der Waals surface area (Å²) in [5, 5.41) is 1.23. The second-order valence-electron chi connectivity index (χ2n) is 4.97. The normalized spacial score (nSPS) is 11.0. The Morgan fingerprint density at radius 3 is 2.76 bits per heavy atom. The molecule has 3 aromatic rings. The van der Waals surface area contributed by atoms with Crippen LogP contribution in [0.1, 0.15) is 11.1 Å². The number of fused-ring (bicyclic) bond motifs is 1. The number of ether oxygens (including phenoxy) is 1. The quantitative estimate of drug-likeness (QED) is 0.779. The highest BCUT2D eigenvalue weighted by Crippen LogP contribution is 2.27. The van der Waals surface area contributed by atoms with Crippen molar-refractivity contribution in [1.29, 1.82) is 0 Å². The summed E-state index contributed by atoms with van der Waals surface area (Å²) < 4.78 is 8.48. The van der Waals surface area contributed by atoms with Crippen LogP contribution in [-0.2, 0) is 13.1 Å². The maximum atomic E-state index is 5.80. The molecule has 21 heavy (non-hydrogen) atoms. The van der Waals surface area contributed by atoms with Gasteiger partial charge in [-0.2, -0.15) is 0 Å². The first kappa shape index (κ1) is 14.2.